The lowest BCUT2D eigenvalue weighted by molar-refractivity contribution is 0.167. The Kier molecular flexibility index (Phi) is 4.96. The van der Waals surface area contributed by atoms with E-state index >= 15 is 0 Å². The number of piperidine rings is 1. The summed E-state index contributed by atoms with van der Waals surface area (Å²) in [4.78, 5) is 10.6. The van der Waals surface area contributed by atoms with Crippen molar-refractivity contribution in [3.05, 3.63) is 88.0 Å². The number of H-pyrrole nitrogens is 1. The van der Waals surface area contributed by atoms with Gasteiger partial charge >= 0.3 is 0 Å². The fourth-order valence-electron chi connectivity index (χ4n) is 5.09. The fourth-order valence-corrected chi connectivity index (χ4v) is 5.28. The normalized spacial score (nSPS) is 20.4. The minimum atomic E-state index is 0.389. The molecule has 0 bridgehead atoms. The van der Waals surface area contributed by atoms with Crippen molar-refractivity contribution in [2.24, 2.45) is 5.92 Å². The van der Waals surface area contributed by atoms with E-state index in [1.54, 1.807) is 0 Å². The number of halogens is 1. The van der Waals surface area contributed by atoms with Gasteiger partial charge in [-0.1, -0.05) is 23.7 Å². The molecule has 1 aromatic carbocycles. The van der Waals surface area contributed by atoms with Crippen LogP contribution in [0.4, 0.5) is 0 Å². The van der Waals surface area contributed by atoms with Crippen molar-refractivity contribution in [2.75, 3.05) is 13.1 Å². The Hall–Kier alpha value is -2.10. The van der Waals surface area contributed by atoms with Crippen molar-refractivity contribution in [1.82, 2.24) is 14.9 Å². The van der Waals surface area contributed by atoms with Crippen molar-refractivity contribution in [2.45, 2.75) is 38.1 Å². The lowest BCUT2D eigenvalue weighted by atomic mass is 9.76. The molecule has 3 nitrogen and oxygen atoms in total. The van der Waals surface area contributed by atoms with Gasteiger partial charge < -0.3 is 4.98 Å². The van der Waals surface area contributed by atoms with Crippen molar-refractivity contribution in [3.63, 3.8) is 0 Å². The number of pyridine rings is 1. The van der Waals surface area contributed by atoms with E-state index in [2.05, 4.69) is 52.5 Å². The van der Waals surface area contributed by atoms with Crippen LogP contribution >= 0.6 is 11.6 Å². The number of nitrogens with zero attached hydrogens (tertiary/aromatic N) is 2. The second kappa shape index (κ2) is 7.73. The van der Waals surface area contributed by atoms with E-state index in [4.69, 9.17) is 16.6 Å². The predicted molar refractivity (Wildman–Crippen MR) is 114 cm³/mol. The summed E-state index contributed by atoms with van der Waals surface area (Å²) in [7, 11) is 0. The molecule has 0 radical (unpaired) electrons. The van der Waals surface area contributed by atoms with Crippen LogP contribution in [-0.2, 0) is 19.4 Å². The van der Waals surface area contributed by atoms with Gasteiger partial charge in [-0.25, -0.2) is 0 Å². The van der Waals surface area contributed by atoms with Crippen LogP contribution in [0.2, 0.25) is 5.02 Å². The summed E-state index contributed by atoms with van der Waals surface area (Å²) in [5.74, 6) is 1.02. The molecule has 1 aliphatic heterocycles. The molecule has 1 saturated heterocycles. The third-order valence-electron chi connectivity index (χ3n) is 6.50. The molecule has 28 heavy (non-hydrogen) atoms. The minimum Gasteiger partial charge on any atom is -0.367 e. The van der Waals surface area contributed by atoms with Crippen molar-refractivity contribution >= 4 is 11.6 Å². The summed E-state index contributed by atoms with van der Waals surface area (Å²) < 4.78 is 0. The number of rotatable bonds is 3. The van der Waals surface area contributed by atoms with Crippen LogP contribution in [0, 0.1) is 5.92 Å². The molecule has 3 heterocycles. The molecule has 1 N–H and O–H groups in total. The molecule has 2 aromatic heterocycles. The standard InChI is InChI=1S/C24H26ClN3/c25-21-5-6-22-20(14-21)4-3-19-2-1-10-27-24(19)23(22)18-8-12-28(13-9-18)16-17-7-11-26-15-17/h1-2,5-7,10-11,14-15,18,23,26H,3-4,8-9,12-13,16H2. The Labute approximate surface area is 171 Å². The summed E-state index contributed by atoms with van der Waals surface area (Å²) in [5.41, 5.74) is 6.94. The monoisotopic (exact) mass is 391 g/mol. The number of aromatic nitrogens is 2. The van der Waals surface area contributed by atoms with Crippen LogP contribution in [0.15, 0.2) is 55.0 Å². The average Bonchev–Trinajstić information content (AvgIpc) is 3.17. The Morgan fingerprint density at radius 2 is 1.93 bits per heavy atom. The second-order valence-corrected chi connectivity index (χ2v) is 8.64. The largest absolute Gasteiger partial charge is 0.367 e. The Morgan fingerprint density at radius 3 is 2.75 bits per heavy atom. The molecule has 1 fully saturated rings. The van der Waals surface area contributed by atoms with E-state index in [0.29, 0.717) is 11.8 Å². The summed E-state index contributed by atoms with van der Waals surface area (Å²) in [6.45, 7) is 3.34. The van der Waals surface area contributed by atoms with Gasteiger partial charge in [0, 0.05) is 36.1 Å². The highest BCUT2D eigenvalue weighted by Gasteiger charge is 2.33. The number of fused-ring (bicyclic) bond motifs is 2. The molecule has 0 spiro atoms. The Morgan fingerprint density at radius 1 is 1.07 bits per heavy atom. The van der Waals surface area contributed by atoms with Crippen LogP contribution in [-0.4, -0.2) is 28.0 Å². The number of benzene rings is 1. The van der Waals surface area contributed by atoms with E-state index in [1.807, 2.05) is 12.4 Å². The molecule has 4 heteroatoms. The molecule has 1 aliphatic carbocycles. The van der Waals surface area contributed by atoms with Crippen molar-refractivity contribution in [3.8, 4) is 0 Å². The zero-order valence-corrected chi connectivity index (χ0v) is 16.8. The number of aromatic amines is 1. The van der Waals surface area contributed by atoms with Gasteiger partial charge in [0.1, 0.15) is 0 Å². The highest BCUT2D eigenvalue weighted by molar-refractivity contribution is 6.30. The van der Waals surface area contributed by atoms with E-state index in [0.717, 1.165) is 37.5 Å². The molecule has 2 aliphatic rings. The van der Waals surface area contributed by atoms with Gasteiger partial charge in [-0.2, -0.15) is 0 Å². The van der Waals surface area contributed by atoms with Crippen LogP contribution in [0.3, 0.4) is 0 Å². The number of hydrogen-bond donors (Lipinski definition) is 1. The third kappa shape index (κ3) is 3.49. The number of likely N-dealkylation sites (tertiary alicyclic amines) is 1. The van der Waals surface area contributed by atoms with Gasteiger partial charge in [0.05, 0.1) is 5.69 Å². The maximum Gasteiger partial charge on any atom is 0.0513 e. The first-order valence-electron chi connectivity index (χ1n) is 10.3. The van der Waals surface area contributed by atoms with Gasteiger partial charge in [-0.3, -0.25) is 9.88 Å². The van der Waals surface area contributed by atoms with E-state index in [9.17, 15) is 0 Å². The molecule has 5 rings (SSSR count). The predicted octanol–water partition coefficient (Wildman–Crippen LogP) is 5.21. The van der Waals surface area contributed by atoms with E-state index in [1.165, 1.54) is 40.8 Å². The maximum atomic E-state index is 6.34. The number of nitrogens with one attached hydrogen (secondary N) is 1. The Balaban J connectivity index is 1.43. The van der Waals surface area contributed by atoms with Crippen LogP contribution < -0.4 is 0 Å². The average molecular weight is 392 g/mol. The molecular formula is C24H26ClN3. The van der Waals surface area contributed by atoms with Gasteiger partial charge in [0.2, 0.25) is 0 Å². The van der Waals surface area contributed by atoms with Crippen LogP contribution in [0.25, 0.3) is 0 Å². The van der Waals surface area contributed by atoms with Gasteiger partial charge in [0.25, 0.3) is 0 Å². The quantitative estimate of drug-likeness (QED) is 0.664. The topological polar surface area (TPSA) is 31.9 Å². The molecule has 144 valence electrons. The second-order valence-electron chi connectivity index (χ2n) is 8.20. The molecule has 0 amide bonds. The Bertz CT molecular complexity index is 942. The molecule has 0 saturated carbocycles. The fraction of sp³-hybridized carbons (Fsp3) is 0.375. The van der Waals surface area contributed by atoms with Gasteiger partial charge in [-0.15, -0.1) is 0 Å². The van der Waals surface area contributed by atoms with Crippen molar-refractivity contribution in [1.29, 1.82) is 0 Å². The van der Waals surface area contributed by atoms with Crippen LogP contribution in [0.5, 0.6) is 0 Å². The van der Waals surface area contributed by atoms with Crippen LogP contribution in [0.1, 0.15) is 46.7 Å². The highest BCUT2D eigenvalue weighted by Crippen LogP contribution is 2.42. The molecule has 1 atom stereocenters. The van der Waals surface area contributed by atoms with Gasteiger partial charge in [-0.05, 0) is 91.2 Å². The lowest BCUT2D eigenvalue weighted by Crippen LogP contribution is -2.35. The first-order valence-corrected chi connectivity index (χ1v) is 10.7. The summed E-state index contributed by atoms with van der Waals surface area (Å²) >= 11 is 6.34. The van der Waals surface area contributed by atoms with Gasteiger partial charge in [0.15, 0.2) is 0 Å². The first-order chi connectivity index (χ1) is 13.8. The van der Waals surface area contributed by atoms with E-state index in [-0.39, 0.29) is 0 Å². The molecular weight excluding hydrogens is 366 g/mol. The SMILES string of the molecule is Clc1ccc2c(c1)CCc1cccnc1C2C1CCN(Cc2cc[nH]c2)CC1. The summed E-state index contributed by atoms with van der Waals surface area (Å²) in [5, 5.41) is 0.845. The molecule has 1 unspecified atom stereocenters. The van der Waals surface area contributed by atoms with Crippen molar-refractivity contribution < 1.29 is 0 Å². The number of hydrogen-bond acceptors (Lipinski definition) is 2. The summed E-state index contributed by atoms with van der Waals surface area (Å²) in [6, 6.07) is 13.0. The minimum absolute atomic E-state index is 0.389. The smallest absolute Gasteiger partial charge is 0.0513 e. The highest BCUT2D eigenvalue weighted by atomic mass is 35.5. The van der Waals surface area contributed by atoms with E-state index < -0.39 is 0 Å². The number of aryl methyl sites for hydroxylation is 2. The first kappa shape index (κ1) is 18.0. The summed E-state index contributed by atoms with van der Waals surface area (Å²) in [6.07, 6.45) is 10.6. The maximum absolute atomic E-state index is 6.34. The molecule has 3 aromatic rings. The third-order valence-corrected chi connectivity index (χ3v) is 6.73. The zero-order valence-electron chi connectivity index (χ0n) is 16.1. The lowest BCUT2D eigenvalue weighted by Gasteiger charge is -2.36. The zero-order chi connectivity index (χ0) is 18.9.